The van der Waals surface area contributed by atoms with Gasteiger partial charge in [0.05, 0.1) is 12.1 Å². The number of aliphatic hydroxyl groups excluding tert-OH is 1. The van der Waals surface area contributed by atoms with Gasteiger partial charge in [-0.15, -0.1) is 0 Å². The monoisotopic (exact) mass is 1160 g/mol. The Balaban J connectivity index is 1.24. The van der Waals surface area contributed by atoms with Crippen LogP contribution in [0.2, 0.25) is 5.02 Å². The number of fused-ring (bicyclic) bond motifs is 2. The van der Waals surface area contributed by atoms with Crippen LogP contribution in [-0.2, 0) is 64.0 Å². The SMILES string of the molecule is C[C@@H](O)[C@@H]1NC(=O)[C@H](CCCCN)NC(=O)[C@@H](Cc2c[nH]c3ccccc23)NC(=O)[C@H](Cc2ccncc2)NC(=O)[C@H](NC(=O)[C@@H](N)Cc2ccc(Cl)cc2)CSSC[C@@H](C(=O)N[C@@H](Cc2ccc3ccccc3c2)C(N)=O)NC1=O. The maximum atomic E-state index is 14.8. The van der Waals surface area contributed by atoms with Gasteiger partial charge in [0.2, 0.25) is 47.3 Å². The minimum absolute atomic E-state index is 0.0124. The van der Waals surface area contributed by atoms with Crippen LogP contribution < -0.4 is 54.4 Å². The van der Waals surface area contributed by atoms with Gasteiger partial charge in [0, 0.05) is 65.3 Å². The van der Waals surface area contributed by atoms with Gasteiger partial charge < -0.3 is 64.5 Å². The molecule has 1 aliphatic rings. The largest absolute Gasteiger partial charge is 0.391 e. The van der Waals surface area contributed by atoms with Crippen molar-refractivity contribution in [3.8, 4) is 0 Å². The van der Waals surface area contributed by atoms with Gasteiger partial charge in [-0.3, -0.25) is 43.3 Å². The Labute approximate surface area is 481 Å². The van der Waals surface area contributed by atoms with Crippen LogP contribution in [0.15, 0.2) is 122 Å². The summed E-state index contributed by atoms with van der Waals surface area (Å²) in [6.45, 7) is 1.51. The first-order valence-corrected chi connectivity index (χ1v) is 29.3. The smallest absolute Gasteiger partial charge is 0.245 e. The number of para-hydroxylation sites is 1. The second kappa shape index (κ2) is 29.8. The number of hydrogen-bond donors (Lipinski definition) is 12. The van der Waals surface area contributed by atoms with E-state index in [2.05, 4.69) is 47.2 Å². The Kier molecular flexibility index (Phi) is 22.5. The van der Waals surface area contributed by atoms with Crippen LogP contribution in [0, 0.1) is 0 Å². The molecule has 7 rings (SSSR count). The quantitative estimate of drug-likeness (QED) is 0.0431. The van der Waals surface area contributed by atoms with E-state index >= 15 is 0 Å². The van der Waals surface area contributed by atoms with Crippen LogP contribution >= 0.6 is 33.2 Å². The molecule has 0 unspecified atom stereocenters. The molecular formula is C57H67ClN12O9S2. The Hall–Kier alpha value is -7.54. The first kappa shape index (κ1) is 61.1. The summed E-state index contributed by atoms with van der Waals surface area (Å²) in [4.78, 5) is 122. The lowest BCUT2D eigenvalue weighted by Gasteiger charge is -2.29. The van der Waals surface area contributed by atoms with Gasteiger partial charge in [0.15, 0.2) is 0 Å². The van der Waals surface area contributed by atoms with E-state index in [0.29, 0.717) is 40.1 Å². The number of nitrogens with one attached hydrogen (secondary N) is 8. The Morgan fingerprint density at radius 1 is 0.716 bits per heavy atom. The van der Waals surface area contributed by atoms with E-state index < -0.39 is 102 Å². The molecule has 8 amide bonds. The number of rotatable bonds is 18. The van der Waals surface area contributed by atoms with E-state index in [1.807, 2.05) is 60.7 Å². The number of unbranched alkanes of at least 4 members (excludes halogenated alkanes) is 1. The molecule has 1 aliphatic heterocycles. The normalized spacial score (nSPS) is 21.0. The first-order valence-electron chi connectivity index (χ1n) is 26.4. The number of halogens is 1. The van der Waals surface area contributed by atoms with E-state index in [0.717, 1.165) is 43.3 Å². The van der Waals surface area contributed by atoms with Crippen LogP contribution in [-0.4, -0.2) is 135 Å². The lowest BCUT2D eigenvalue weighted by molar-refractivity contribution is -0.136. The van der Waals surface area contributed by atoms with Crippen molar-refractivity contribution in [1.29, 1.82) is 0 Å². The van der Waals surface area contributed by atoms with Crippen molar-refractivity contribution in [3.63, 3.8) is 0 Å². The number of hydrogen-bond acceptors (Lipinski definition) is 14. The molecule has 3 heterocycles. The van der Waals surface area contributed by atoms with Gasteiger partial charge >= 0.3 is 0 Å². The van der Waals surface area contributed by atoms with Gasteiger partial charge in [-0.2, -0.15) is 0 Å². The number of benzene rings is 4. The van der Waals surface area contributed by atoms with Gasteiger partial charge in [-0.25, -0.2) is 0 Å². The second-order valence-corrected chi connectivity index (χ2v) is 22.8. The standard InChI is InChI=1S/C57H67ClN12O9S2/c1-32(71)49-57(79)69-48(55(77)65-44(50(61)72)27-35-13-16-36-8-2-3-9-37(36)24-35)31-81-80-30-47(68-51(73)41(60)25-33-14-17-39(58)18-15-33)56(78)66-45(26-34-19-22-62-23-20-34)53(75)67-46(28-38-29-63-42-11-5-4-10-40(38)42)54(76)64-43(52(74)70-49)12-6-7-21-59/h2-5,8-11,13-20,22-24,29,32,41,43-49,63,71H,6-7,12,21,25-28,30-31,59-60H2,1H3,(H2,61,72)(H,64,76)(H,65,77)(H,66,78)(H,67,75)(H,68,73)(H,69,79)(H,70,74)/t32-,41+,43+,44+,45+,46-,47-,48+,49+/m1/s1. The fourth-order valence-electron chi connectivity index (χ4n) is 9.13. The molecule has 0 radical (unpaired) electrons. The Bertz CT molecular complexity index is 3170. The number of pyridine rings is 1. The van der Waals surface area contributed by atoms with E-state index in [1.165, 1.54) is 19.3 Å². The van der Waals surface area contributed by atoms with E-state index in [1.54, 1.807) is 48.7 Å². The summed E-state index contributed by atoms with van der Waals surface area (Å²) in [5.74, 6) is -7.15. The topological polar surface area (TPSA) is 348 Å². The minimum Gasteiger partial charge on any atom is -0.391 e. The highest BCUT2D eigenvalue weighted by atomic mass is 35.5. The first-order chi connectivity index (χ1) is 39.0. The highest BCUT2D eigenvalue weighted by molar-refractivity contribution is 8.76. The zero-order chi connectivity index (χ0) is 58.0. The zero-order valence-electron chi connectivity index (χ0n) is 44.4. The summed E-state index contributed by atoms with van der Waals surface area (Å²) < 4.78 is 0. The van der Waals surface area contributed by atoms with Crippen LogP contribution in [0.5, 0.6) is 0 Å². The number of primary amides is 1. The van der Waals surface area contributed by atoms with Gasteiger partial charge in [-0.1, -0.05) is 106 Å². The molecule has 0 saturated carbocycles. The molecular weight excluding hydrogens is 1100 g/mol. The average molecular weight is 1160 g/mol. The number of aromatic amines is 1. The molecule has 0 spiro atoms. The lowest BCUT2D eigenvalue weighted by atomic mass is 10.0. The third kappa shape index (κ3) is 17.7. The minimum atomic E-state index is -1.70. The van der Waals surface area contributed by atoms with Crippen molar-refractivity contribution in [2.45, 2.75) is 106 Å². The molecule has 4 aromatic carbocycles. The highest BCUT2D eigenvalue weighted by Crippen LogP contribution is 2.25. The van der Waals surface area contributed by atoms with E-state index in [-0.39, 0.29) is 50.2 Å². The number of aromatic nitrogens is 2. The number of carbonyl (C=O) groups is 8. The average Bonchev–Trinajstić information content (AvgIpc) is 3.91. The number of nitrogens with two attached hydrogens (primary N) is 3. The molecule has 1 saturated heterocycles. The molecule has 24 heteroatoms. The maximum absolute atomic E-state index is 14.8. The fourth-order valence-corrected chi connectivity index (χ4v) is 11.6. The molecule has 1 fully saturated rings. The van der Waals surface area contributed by atoms with E-state index in [4.69, 9.17) is 28.8 Å². The molecule has 2 aromatic heterocycles. The van der Waals surface area contributed by atoms with Crippen LogP contribution in [0.25, 0.3) is 21.7 Å². The van der Waals surface area contributed by atoms with Crippen LogP contribution in [0.1, 0.15) is 48.4 Å². The molecule has 9 atom stereocenters. The number of amides is 8. The summed E-state index contributed by atoms with van der Waals surface area (Å²) in [7, 11) is 2.03. The number of H-pyrrole nitrogens is 1. The molecule has 0 aliphatic carbocycles. The van der Waals surface area contributed by atoms with Crippen LogP contribution in [0.3, 0.4) is 0 Å². The summed E-state index contributed by atoms with van der Waals surface area (Å²) in [5.41, 5.74) is 21.5. The number of nitrogens with zero attached hydrogens (tertiary/aromatic N) is 1. The molecule has 0 bridgehead atoms. The highest BCUT2D eigenvalue weighted by Gasteiger charge is 2.37. The van der Waals surface area contributed by atoms with Crippen molar-refractivity contribution >= 4 is 102 Å². The van der Waals surface area contributed by atoms with Crippen molar-refractivity contribution in [2.24, 2.45) is 17.2 Å². The zero-order valence-corrected chi connectivity index (χ0v) is 46.8. The van der Waals surface area contributed by atoms with Crippen molar-refractivity contribution in [1.82, 2.24) is 47.2 Å². The molecule has 6 aromatic rings. The second-order valence-electron chi connectivity index (χ2n) is 19.8. The fraction of sp³-hybridized carbons (Fsp3) is 0.351. The van der Waals surface area contributed by atoms with Crippen molar-refractivity contribution in [2.75, 3.05) is 18.1 Å². The molecule has 428 valence electrons. The maximum Gasteiger partial charge on any atom is 0.245 e. The van der Waals surface area contributed by atoms with E-state index in [9.17, 15) is 43.5 Å². The predicted octanol–water partition coefficient (Wildman–Crippen LogP) is 1.75. The molecule has 15 N–H and O–H groups in total. The molecule has 81 heavy (non-hydrogen) atoms. The molecule has 21 nitrogen and oxygen atoms in total. The Morgan fingerprint density at radius 3 is 2.07 bits per heavy atom. The predicted molar refractivity (Wildman–Crippen MR) is 313 cm³/mol. The third-order valence-electron chi connectivity index (χ3n) is 13.6. The third-order valence-corrected chi connectivity index (χ3v) is 16.3. The Morgan fingerprint density at radius 2 is 1.36 bits per heavy atom. The number of carbonyl (C=O) groups excluding carboxylic acids is 8. The summed E-state index contributed by atoms with van der Waals surface area (Å²) in [6, 6.07) is 19.3. The van der Waals surface area contributed by atoms with Crippen molar-refractivity contribution in [3.05, 3.63) is 149 Å². The van der Waals surface area contributed by atoms with Gasteiger partial charge in [0.1, 0.15) is 42.3 Å². The number of aliphatic hydroxyl groups is 1. The van der Waals surface area contributed by atoms with Crippen molar-refractivity contribution < 1.29 is 43.5 Å². The van der Waals surface area contributed by atoms with Crippen LogP contribution in [0.4, 0.5) is 0 Å². The summed E-state index contributed by atoms with van der Waals surface area (Å²) >= 11 is 6.10. The van der Waals surface area contributed by atoms with Gasteiger partial charge in [0.25, 0.3) is 0 Å². The van der Waals surface area contributed by atoms with Gasteiger partial charge in [-0.05, 0) is 103 Å². The summed E-state index contributed by atoms with van der Waals surface area (Å²) in [6.07, 6.45) is 3.80. The summed E-state index contributed by atoms with van der Waals surface area (Å²) in [5, 5.41) is 33.2. The lowest BCUT2D eigenvalue weighted by Crippen LogP contribution is -2.62.